The van der Waals surface area contributed by atoms with Gasteiger partial charge < -0.3 is 24.2 Å². The Morgan fingerprint density at radius 2 is 1.57 bits per heavy atom. The smallest absolute Gasteiger partial charge is 0.258 e. The van der Waals surface area contributed by atoms with Crippen LogP contribution in [0.3, 0.4) is 0 Å². The quantitative estimate of drug-likeness (QED) is 0.239. The lowest BCUT2D eigenvalue weighted by Gasteiger charge is -2.41. The maximum absolute atomic E-state index is 15.7. The van der Waals surface area contributed by atoms with Gasteiger partial charge >= 0.3 is 0 Å². The van der Waals surface area contributed by atoms with E-state index >= 15 is 4.57 Å². The lowest BCUT2D eigenvalue weighted by molar-refractivity contribution is 0.0488. The van der Waals surface area contributed by atoms with E-state index in [0.29, 0.717) is 34.6 Å². The minimum absolute atomic E-state index is 0.108. The molecule has 4 rings (SSSR count). The molecule has 40 heavy (non-hydrogen) atoms. The SMILES string of the molecule is COc1ccc(C(Nc2ccccc2)P(=O)(OC2CC(C)CCC2C(C)C)c2ccc(N(C)C)cc2)cc1OC. The summed E-state index contributed by atoms with van der Waals surface area (Å²) >= 11 is 0. The molecule has 0 radical (unpaired) electrons. The number of ether oxygens (including phenoxy) is 2. The van der Waals surface area contributed by atoms with Gasteiger partial charge in [0, 0.05) is 30.8 Å². The van der Waals surface area contributed by atoms with Crippen LogP contribution in [-0.2, 0) is 9.09 Å². The molecule has 0 heterocycles. The molecular weight excluding hydrogens is 519 g/mol. The Labute approximate surface area is 240 Å². The molecule has 0 amide bonds. The molecule has 3 aromatic carbocycles. The number of nitrogens with one attached hydrogen (secondary N) is 1. The number of methoxy groups -OCH3 is 2. The van der Waals surface area contributed by atoms with Gasteiger partial charge in [-0.1, -0.05) is 51.5 Å². The number of rotatable bonds is 11. The van der Waals surface area contributed by atoms with Gasteiger partial charge in [-0.2, -0.15) is 0 Å². The van der Waals surface area contributed by atoms with Crippen LogP contribution in [0.4, 0.5) is 11.4 Å². The molecule has 5 unspecified atom stereocenters. The Bertz CT molecular complexity index is 1280. The first-order valence-corrected chi connectivity index (χ1v) is 15.9. The highest BCUT2D eigenvalue weighted by Crippen LogP contribution is 2.62. The Morgan fingerprint density at radius 1 is 0.900 bits per heavy atom. The molecule has 0 aliphatic heterocycles. The molecule has 3 aromatic rings. The van der Waals surface area contributed by atoms with E-state index in [1.807, 2.05) is 91.8 Å². The van der Waals surface area contributed by atoms with Crippen LogP contribution in [0.5, 0.6) is 11.5 Å². The average molecular weight is 565 g/mol. The number of para-hydroxylation sites is 1. The van der Waals surface area contributed by atoms with Gasteiger partial charge in [-0.25, -0.2) is 0 Å². The van der Waals surface area contributed by atoms with Crippen LogP contribution in [0.25, 0.3) is 0 Å². The number of hydrogen-bond donors (Lipinski definition) is 1. The summed E-state index contributed by atoms with van der Waals surface area (Å²) in [6.07, 6.45) is 3.04. The Morgan fingerprint density at radius 3 is 2.17 bits per heavy atom. The van der Waals surface area contributed by atoms with Crippen molar-refractivity contribution in [3.63, 3.8) is 0 Å². The van der Waals surface area contributed by atoms with E-state index in [1.165, 1.54) is 6.42 Å². The van der Waals surface area contributed by atoms with Crippen molar-refractivity contribution in [2.45, 2.75) is 51.9 Å². The molecule has 0 aromatic heterocycles. The molecule has 0 spiro atoms. The van der Waals surface area contributed by atoms with Gasteiger partial charge in [-0.15, -0.1) is 0 Å². The highest BCUT2D eigenvalue weighted by atomic mass is 31.2. The van der Waals surface area contributed by atoms with Crippen LogP contribution in [0.2, 0.25) is 0 Å². The molecule has 5 atom stereocenters. The summed E-state index contributed by atoms with van der Waals surface area (Å²) in [4.78, 5) is 2.04. The second-order valence-corrected chi connectivity index (χ2v) is 13.9. The van der Waals surface area contributed by atoms with Crippen LogP contribution in [0.1, 0.15) is 51.4 Å². The zero-order valence-corrected chi connectivity index (χ0v) is 25.9. The second kappa shape index (κ2) is 13.1. The molecule has 7 heteroatoms. The number of hydrogen-bond acceptors (Lipinski definition) is 6. The topological polar surface area (TPSA) is 60.0 Å². The monoisotopic (exact) mass is 564 g/mol. The first-order chi connectivity index (χ1) is 19.2. The standard InChI is InChI=1S/C33H45N2O4P/c1-23(2)29-19-13-24(3)21-31(29)39-40(36,28-17-15-27(16-18-28)35(4)5)33(34-26-11-9-8-10-12-26)25-14-20-30(37-6)32(22-25)38-7/h8-12,14-18,20,22-24,29,31,33-34H,13,19,21H2,1-7H3. The van der Waals surface area contributed by atoms with Crippen molar-refractivity contribution in [1.82, 2.24) is 0 Å². The van der Waals surface area contributed by atoms with E-state index in [-0.39, 0.29) is 6.10 Å². The minimum Gasteiger partial charge on any atom is -0.493 e. The van der Waals surface area contributed by atoms with Crippen LogP contribution < -0.4 is 25.0 Å². The molecule has 6 nitrogen and oxygen atoms in total. The van der Waals surface area contributed by atoms with E-state index in [0.717, 1.165) is 29.8 Å². The summed E-state index contributed by atoms with van der Waals surface area (Å²) < 4.78 is 33.9. The zero-order chi connectivity index (χ0) is 28.9. The average Bonchev–Trinajstić information content (AvgIpc) is 2.96. The highest BCUT2D eigenvalue weighted by molar-refractivity contribution is 7.67. The number of benzene rings is 3. The lowest BCUT2D eigenvalue weighted by atomic mass is 9.75. The fourth-order valence-electron chi connectivity index (χ4n) is 5.75. The molecular formula is C33H45N2O4P. The molecule has 0 bridgehead atoms. The first-order valence-electron chi connectivity index (χ1n) is 14.3. The maximum atomic E-state index is 15.7. The summed E-state index contributed by atoms with van der Waals surface area (Å²) in [5, 5.41) is 4.31. The van der Waals surface area contributed by atoms with Gasteiger partial charge in [0.05, 0.1) is 20.3 Å². The van der Waals surface area contributed by atoms with Gasteiger partial charge in [0.25, 0.3) is 7.37 Å². The Balaban J connectivity index is 1.89. The van der Waals surface area contributed by atoms with Gasteiger partial charge in [0.15, 0.2) is 11.5 Å². The third-order valence-corrected chi connectivity index (χ3v) is 10.8. The molecule has 1 N–H and O–H groups in total. The van der Waals surface area contributed by atoms with Crippen molar-refractivity contribution in [3.05, 3.63) is 78.4 Å². The molecule has 1 fully saturated rings. The number of anilines is 2. The van der Waals surface area contributed by atoms with Crippen LogP contribution in [0, 0.1) is 17.8 Å². The van der Waals surface area contributed by atoms with E-state index < -0.39 is 13.2 Å². The fourth-order valence-corrected chi connectivity index (χ4v) is 8.37. The van der Waals surface area contributed by atoms with E-state index in [4.69, 9.17) is 14.0 Å². The van der Waals surface area contributed by atoms with Crippen molar-refractivity contribution in [1.29, 1.82) is 0 Å². The summed E-state index contributed by atoms with van der Waals surface area (Å²) in [6, 6.07) is 23.6. The molecule has 0 saturated heterocycles. The largest absolute Gasteiger partial charge is 0.493 e. The third-order valence-electron chi connectivity index (χ3n) is 8.12. The lowest BCUT2D eigenvalue weighted by Crippen LogP contribution is -2.35. The fraction of sp³-hybridized carbons (Fsp3) is 0.455. The molecule has 1 aliphatic carbocycles. The predicted molar refractivity (Wildman–Crippen MR) is 167 cm³/mol. The number of nitrogens with zero attached hydrogens (tertiary/aromatic N) is 1. The van der Waals surface area contributed by atoms with Crippen molar-refractivity contribution in [2.75, 3.05) is 38.5 Å². The highest BCUT2D eigenvalue weighted by Gasteiger charge is 2.43. The van der Waals surface area contributed by atoms with Crippen molar-refractivity contribution >= 4 is 24.0 Å². The molecule has 1 aliphatic rings. The second-order valence-electron chi connectivity index (χ2n) is 11.5. The minimum atomic E-state index is -3.57. The molecule has 1 saturated carbocycles. The normalized spacial score (nSPS) is 21.4. The van der Waals surface area contributed by atoms with E-state index in [1.54, 1.807) is 14.2 Å². The zero-order valence-electron chi connectivity index (χ0n) is 25.0. The van der Waals surface area contributed by atoms with Crippen LogP contribution >= 0.6 is 7.37 Å². The van der Waals surface area contributed by atoms with Crippen molar-refractivity contribution in [3.8, 4) is 11.5 Å². The summed E-state index contributed by atoms with van der Waals surface area (Å²) in [5.74, 6) is 1.85. The van der Waals surface area contributed by atoms with E-state index in [2.05, 4.69) is 26.1 Å². The van der Waals surface area contributed by atoms with Gasteiger partial charge in [-0.3, -0.25) is 4.57 Å². The summed E-state index contributed by atoms with van der Waals surface area (Å²) in [5.41, 5.74) is 2.72. The van der Waals surface area contributed by atoms with Crippen molar-refractivity contribution < 1.29 is 18.6 Å². The van der Waals surface area contributed by atoms with Crippen LogP contribution in [0.15, 0.2) is 72.8 Å². The molecule has 216 valence electrons. The van der Waals surface area contributed by atoms with Gasteiger partial charge in [0.1, 0.15) is 5.78 Å². The predicted octanol–water partition coefficient (Wildman–Crippen LogP) is 7.96. The van der Waals surface area contributed by atoms with Crippen LogP contribution in [-0.4, -0.2) is 34.4 Å². The third kappa shape index (κ3) is 6.67. The Hall–Kier alpha value is -2.95. The summed E-state index contributed by atoms with van der Waals surface area (Å²) in [7, 11) is 3.68. The first kappa shape index (κ1) is 30.0. The summed E-state index contributed by atoms with van der Waals surface area (Å²) in [6.45, 7) is 6.78. The van der Waals surface area contributed by atoms with Gasteiger partial charge in [0.2, 0.25) is 0 Å². The Kier molecular flexibility index (Phi) is 9.86. The van der Waals surface area contributed by atoms with Crippen molar-refractivity contribution in [2.24, 2.45) is 17.8 Å². The van der Waals surface area contributed by atoms with E-state index in [9.17, 15) is 0 Å². The van der Waals surface area contributed by atoms with Gasteiger partial charge in [-0.05, 0) is 84.7 Å². The maximum Gasteiger partial charge on any atom is 0.258 e.